The van der Waals surface area contributed by atoms with Crippen molar-refractivity contribution in [1.82, 2.24) is 10.0 Å². The van der Waals surface area contributed by atoms with Crippen molar-refractivity contribution >= 4 is 11.6 Å². The fraction of sp³-hybridized carbons (Fsp3) is 0.263. The number of pyridine rings is 1. The molecule has 2 heterocycles. The lowest BCUT2D eigenvalue weighted by Gasteiger charge is -2.32. The van der Waals surface area contributed by atoms with Gasteiger partial charge in [-0.1, -0.05) is 24.3 Å². The third-order valence-electron chi connectivity index (χ3n) is 4.22. The van der Waals surface area contributed by atoms with Gasteiger partial charge in [-0.2, -0.15) is 0 Å². The maximum Gasteiger partial charge on any atom is 0.277 e. The number of amides is 1. The molecule has 0 aliphatic carbocycles. The molecule has 0 radical (unpaired) electrons. The third kappa shape index (κ3) is 3.40. The van der Waals surface area contributed by atoms with E-state index in [2.05, 4.69) is 4.98 Å². The normalized spacial score (nSPS) is 16.2. The first-order chi connectivity index (χ1) is 12.0. The molecule has 1 atom stereocenters. The predicted molar refractivity (Wildman–Crippen MR) is 94.4 cm³/mol. The van der Waals surface area contributed by atoms with E-state index in [0.29, 0.717) is 12.1 Å². The summed E-state index contributed by atoms with van der Waals surface area (Å²) in [5.41, 5.74) is 3.62. The molecule has 6 heteroatoms. The molecule has 1 N–H and O–H groups in total. The van der Waals surface area contributed by atoms with E-state index in [-0.39, 0.29) is 11.5 Å². The number of hydroxylamine groups is 2. The number of benzene rings is 1. The van der Waals surface area contributed by atoms with Crippen LogP contribution in [0.1, 0.15) is 23.1 Å². The summed E-state index contributed by atoms with van der Waals surface area (Å²) in [4.78, 5) is 24.0. The van der Waals surface area contributed by atoms with E-state index in [1.165, 1.54) is 14.2 Å². The van der Waals surface area contributed by atoms with Crippen molar-refractivity contribution < 1.29 is 14.7 Å². The van der Waals surface area contributed by atoms with E-state index >= 15 is 0 Å². The standard InChI is InChI=1S/C19H21N3O3/c1-13-7-6-8-14(20-13)11-22-12-16(19(24)21(2)25-3)18(23)15-9-4-5-10-17(15)22/h4-10,12,18,23H,11H2,1-3H3. The molecule has 0 bridgehead atoms. The van der Waals surface area contributed by atoms with Gasteiger partial charge in [0.1, 0.15) is 6.10 Å². The minimum absolute atomic E-state index is 0.260. The van der Waals surface area contributed by atoms with Gasteiger partial charge in [0.2, 0.25) is 0 Å². The number of aliphatic hydroxyl groups excluding tert-OH is 1. The molecule has 1 aliphatic heterocycles. The summed E-state index contributed by atoms with van der Waals surface area (Å²) in [6.07, 6.45) is 0.678. The van der Waals surface area contributed by atoms with Gasteiger partial charge in [-0.05, 0) is 25.1 Å². The molecule has 1 aromatic carbocycles. The first kappa shape index (κ1) is 17.1. The van der Waals surface area contributed by atoms with Gasteiger partial charge in [0, 0.05) is 30.2 Å². The van der Waals surface area contributed by atoms with Crippen molar-refractivity contribution in [3.8, 4) is 0 Å². The number of aliphatic hydroxyl groups is 1. The maximum absolute atomic E-state index is 12.5. The zero-order valence-corrected chi connectivity index (χ0v) is 14.5. The minimum atomic E-state index is -0.997. The Balaban J connectivity index is 2.01. The van der Waals surface area contributed by atoms with E-state index in [9.17, 15) is 9.90 Å². The number of hydrogen-bond donors (Lipinski definition) is 1. The second-order valence-corrected chi connectivity index (χ2v) is 5.93. The Morgan fingerprint density at radius 2 is 2.04 bits per heavy atom. The van der Waals surface area contributed by atoms with Crippen LogP contribution in [-0.4, -0.2) is 35.2 Å². The maximum atomic E-state index is 12.5. The largest absolute Gasteiger partial charge is 0.383 e. The molecule has 130 valence electrons. The molecule has 0 saturated carbocycles. The van der Waals surface area contributed by atoms with E-state index in [0.717, 1.165) is 22.1 Å². The highest BCUT2D eigenvalue weighted by molar-refractivity contribution is 5.95. The van der Waals surface area contributed by atoms with Crippen molar-refractivity contribution in [2.24, 2.45) is 0 Å². The smallest absolute Gasteiger partial charge is 0.277 e. The van der Waals surface area contributed by atoms with Crippen LogP contribution in [0.4, 0.5) is 5.69 Å². The summed E-state index contributed by atoms with van der Waals surface area (Å²) in [7, 11) is 2.93. The van der Waals surface area contributed by atoms with Crippen LogP contribution >= 0.6 is 0 Å². The third-order valence-corrected chi connectivity index (χ3v) is 4.22. The SMILES string of the molecule is CON(C)C(=O)C1=CN(Cc2cccc(C)n2)c2ccccc2C1O. The number of aromatic nitrogens is 1. The van der Waals surface area contributed by atoms with Crippen molar-refractivity contribution in [2.45, 2.75) is 19.6 Å². The number of nitrogens with zero attached hydrogens (tertiary/aromatic N) is 3. The van der Waals surface area contributed by atoms with Gasteiger partial charge in [-0.15, -0.1) is 0 Å². The molecule has 0 saturated heterocycles. The molecule has 0 spiro atoms. The van der Waals surface area contributed by atoms with Gasteiger partial charge in [0.05, 0.1) is 24.9 Å². The summed E-state index contributed by atoms with van der Waals surface area (Å²) in [6.45, 7) is 2.44. The number of fused-ring (bicyclic) bond motifs is 1. The first-order valence-electron chi connectivity index (χ1n) is 8.01. The van der Waals surface area contributed by atoms with Gasteiger partial charge in [-0.3, -0.25) is 14.6 Å². The molecule has 6 nitrogen and oxygen atoms in total. The van der Waals surface area contributed by atoms with Gasteiger partial charge in [0.25, 0.3) is 5.91 Å². The van der Waals surface area contributed by atoms with Crippen LogP contribution in [0.3, 0.4) is 0 Å². The Hall–Kier alpha value is -2.70. The summed E-state index contributed by atoms with van der Waals surface area (Å²) in [5, 5.41) is 11.8. The van der Waals surface area contributed by atoms with Gasteiger partial charge in [0.15, 0.2) is 0 Å². The molecule has 3 rings (SSSR count). The van der Waals surface area contributed by atoms with E-state index < -0.39 is 6.10 Å². The van der Waals surface area contributed by atoms with Crippen LogP contribution in [0.5, 0.6) is 0 Å². The zero-order chi connectivity index (χ0) is 18.0. The Kier molecular flexibility index (Phi) is 4.83. The van der Waals surface area contributed by atoms with E-state index in [4.69, 9.17) is 4.84 Å². The van der Waals surface area contributed by atoms with E-state index in [1.807, 2.05) is 54.3 Å². The lowest BCUT2D eigenvalue weighted by molar-refractivity contribution is -0.165. The number of carbonyl (C=O) groups is 1. The summed E-state index contributed by atoms with van der Waals surface area (Å²) in [5.74, 6) is -0.383. The Morgan fingerprint density at radius 3 is 2.76 bits per heavy atom. The molecule has 1 aromatic heterocycles. The molecule has 1 amide bonds. The van der Waals surface area contributed by atoms with E-state index in [1.54, 1.807) is 6.20 Å². The fourth-order valence-corrected chi connectivity index (χ4v) is 2.89. The van der Waals surface area contributed by atoms with Crippen molar-refractivity contribution in [3.05, 3.63) is 71.2 Å². The number of rotatable bonds is 4. The van der Waals surface area contributed by atoms with Gasteiger partial charge >= 0.3 is 0 Å². The fourth-order valence-electron chi connectivity index (χ4n) is 2.89. The van der Waals surface area contributed by atoms with Crippen molar-refractivity contribution in [1.29, 1.82) is 0 Å². The number of likely N-dealkylation sites (N-methyl/N-ethyl adjacent to an activating group) is 1. The molecule has 1 unspecified atom stereocenters. The lowest BCUT2D eigenvalue weighted by atomic mass is 9.95. The zero-order valence-electron chi connectivity index (χ0n) is 14.5. The molecular formula is C19H21N3O3. The number of hydrogen-bond acceptors (Lipinski definition) is 5. The Morgan fingerprint density at radius 1 is 1.28 bits per heavy atom. The Bertz CT molecular complexity index is 819. The highest BCUT2D eigenvalue weighted by atomic mass is 16.7. The van der Waals surface area contributed by atoms with Crippen molar-refractivity contribution in [2.75, 3.05) is 19.1 Å². The second-order valence-electron chi connectivity index (χ2n) is 5.93. The first-order valence-corrected chi connectivity index (χ1v) is 8.01. The number of anilines is 1. The van der Waals surface area contributed by atoms with Crippen LogP contribution in [-0.2, 0) is 16.2 Å². The summed E-state index contributed by atoms with van der Waals surface area (Å²) in [6, 6.07) is 13.3. The highest BCUT2D eigenvalue weighted by Crippen LogP contribution is 2.37. The van der Waals surface area contributed by atoms with Crippen LogP contribution in [0.25, 0.3) is 0 Å². The summed E-state index contributed by atoms with van der Waals surface area (Å²) >= 11 is 0. The monoisotopic (exact) mass is 339 g/mol. The number of carbonyl (C=O) groups excluding carboxylic acids is 1. The quantitative estimate of drug-likeness (QED) is 0.866. The van der Waals surface area contributed by atoms with Gasteiger partial charge < -0.3 is 10.0 Å². The van der Waals surface area contributed by atoms with Crippen molar-refractivity contribution in [3.63, 3.8) is 0 Å². The number of aryl methyl sites for hydroxylation is 1. The predicted octanol–water partition coefficient (Wildman–Crippen LogP) is 2.35. The topological polar surface area (TPSA) is 65.9 Å². The summed E-state index contributed by atoms with van der Waals surface area (Å²) < 4.78 is 0. The van der Waals surface area contributed by atoms with Crippen LogP contribution < -0.4 is 4.90 Å². The molecular weight excluding hydrogens is 318 g/mol. The molecule has 25 heavy (non-hydrogen) atoms. The average molecular weight is 339 g/mol. The number of para-hydroxylation sites is 1. The molecule has 0 fully saturated rings. The second kappa shape index (κ2) is 7.04. The molecule has 2 aromatic rings. The van der Waals surface area contributed by atoms with Crippen LogP contribution in [0.2, 0.25) is 0 Å². The minimum Gasteiger partial charge on any atom is -0.383 e. The average Bonchev–Trinajstić information content (AvgIpc) is 2.63. The van der Waals surface area contributed by atoms with Gasteiger partial charge in [-0.25, -0.2) is 5.06 Å². The van der Waals surface area contributed by atoms with Crippen LogP contribution in [0, 0.1) is 6.92 Å². The van der Waals surface area contributed by atoms with Crippen LogP contribution in [0.15, 0.2) is 54.2 Å². The molecule has 1 aliphatic rings. The highest BCUT2D eigenvalue weighted by Gasteiger charge is 2.31. The lowest BCUT2D eigenvalue weighted by Crippen LogP contribution is -2.34. The Labute approximate surface area is 146 Å².